The Morgan fingerprint density at radius 3 is 2.06 bits per heavy atom. The van der Waals surface area contributed by atoms with Crippen molar-refractivity contribution in [2.24, 2.45) is 0 Å². The number of aliphatic hydroxyl groups excluding tert-OH is 1. The van der Waals surface area contributed by atoms with Gasteiger partial charge in [-0.15, -0.1) is 0 Å². The van der Waals surface area contributed by atoms with E-state index in [0.717, 1.165) is 27.5 Å². The molecule has 0 saturated carbocycles. The molecule has 0 atom stereocenters. The molecule has 4 rings (SSSR count). The van der Waals surface area contributed by atoms with Crippen LogP contribution < -0.4 is 15.4 Å². The van der Waals surface area contributed by atoms with Gasteiger partial charge < -0.3 is 20.5 Å². The minimum absolute atomic E-state index is 0.0299. The third-order valence-electron chi connectivity index (χ3n) is 5.96. The van der Waals surface area contributed by atoms with Crippen LogP contribution in [0.15, 0.2) is 97.1 Å². The van der Waals surface area contributed by atoms with Crippen molar-refractivity contribution in [3.8, 4) is 5.75 Å². The molecule has 3 N–H and O–H groups in total. The lowest BCUT2D eigenvalue weighted by molar-refractivity contribution is -0.123. The molecule has 0 heterocycles. The minimum Gasteiger partial charge on any atom is -0.483 e. The number of amides is 2. The maximum Gasteiger partial charge on any atom is 0.258 e. The third kappa shape index (κ3) is 6.49. The van der Waals surface area contributed by atoms with Crippen LogP contribution >= 0.6 is 0 Å². The number of ether oxygens (including phenoxy) is 1. The molecule has 6 nitrogen and oxygen atoms in total. The maximum atomic E-state index is 13.0. The SMILES string of the molecule is O=C(COc1cccc2c(CCC(=O)NC(c3ccccc3)c3ccccc3)cccc12)NCCO. The van der Waals surface area contributed by atoms with E-state index in [1.807, 2.05) is 97.1 Å². The van der Waals surface area contributed by atoms with Crippen LogP contribution in [0.3, 0.4) is 0 Å². The zero-order chi connectivity index (χ0) is 25.2. The first-order valence-corrected chi connectivity index (χ1v) is 12.1. The van der Waals surface area contributed by atoms with Crippen LogP contribution in [0.25, 0.3) is 10.8 Å². The lowest BCUT2D eigenvalue weighted by atomic mass is 9.97. The van der Waals surface area contributed by atoms with Crippen molar-refractivity contribution < 1.29 is 19.4 Å². The first-order valence-electron chi connectivity index (χ1n) is 12.1. The lowest BCUT2D eigenvalue weighted by Gasteiger charge is -2.20. The average Bonchev–Trinajstić information content (AvgIpc) is 2.93. The highest BCUT2D eigenvalue weighted by Crippen LogP contribution is 2.29. The summed E-state index contributed by atoms with van der Waals surface area (Å²) < 4.78 is 5.74. The molecule has 0 aliphatic carbocycles. The van der Waals surface area contributed by atoms with Gasteiger partial charge in [0.15, 0.2) is 6.61 Å². The van der Waals surface area contributed by atoms with Gasteiger partial charge in [-0.1, -0.05) is 91.0 Å². The maximum absolute atomic E-state index is 13.0. The number of benzene rings is 4. The number of aryl methyl sites for hydroxylation is 1. The second kappa shape index (κ2) is 12.5. The first kappa shape index (κ1) is 24.9. The zero-order valence-electron chi connectivity index (χ0n) is 20.0. The highest BCUT2D eigenvalue weighted by Gasteiger charge is 2.17. The number of rotatable bonds is 11. The lowest BCUT2D eigenvalue weighted by Crippen LogP contribution is -2.31. The Morgan fingerprint density at radius 2 is 1.39 bits per heavy atom. The van der Waals surface area contributed by atoms with E-state index in [0.29, 0.717) is 18.6 Å². The summed E-state index contributed by atoms with van der Waals surface area (Å²) in [6.45, 7) is -0.0557. The van der Waals surface area contributed by atoms with Crippen molar-refractivity contribution in [2.75, 3.05) is 19.8 Å². The molecule has 0 fully saturated rings. The van der Waals surface area contributed by atoms with Crippen molar-refractivity contribution >= 4 is 22.6 Å². The van der Waals surface area contributed by atoms with Gasteiger partial charge in [-0.05, 0) is 34.6 Å². The van der Waals surface area contributed by atoms with Crippen LogP contribution in [-0.2, 0) is 16.0 Å². The predicted molar refractivity (Wildman–Crippen MR) is 141 cm³/mol. The molecule has 0 unspecified atom stereocenters. The van der Waals surface area contributed by atoms with E-state index < -0.39 is 0 Å². The Balaban J connectivity index is 1.45. The quantitative estimate of drug-likeness (QED) is 0.300. The molecule has 0 radical (unpaired) electrons. The third-order valence-corrected chi connectivity index (χ3v) is 5.96. The molecule has 0 spiro atoms. The van der Waals surface area contributed by atoms with Gasteiger partial charge in [-0.25, -0.2) is 0 Å². The fourth-order valence-corrected chi connectivity index (χ4v) is 4.21. The zero-order valence-corrected chi connectivity index (χ0v) is 20.0. The Kier molecular flexibility index (Phi) is 8.67. The molecule has 2 amide bonds. The van der Waals surface area contributed by atoms with Crippen molar-refractivity contribution in [1.29, 1.82) is 0 Å². The van der Waals surface area contributed by atoms with E-state index in [1.165, 1.54) is 0 Å². The Hall–Kier alpha value is -4.16. The molecular formula is C30H30N2O4. The van der Waals surface area contributed by atoms with E-state index in [9.17, 15) is 9.59 Å². The van der Waals surface area contributed by atoms with Crippen LogP contribution in [0.4, 0.5) is 0 Å². The molecule has 184 valence electrons. The summed E-state index contributed by atoms with van der Waals surface area (Å²) >= 11 is 0. The van der Waals surface area contributed by atoms with E-state index in [-0.39, 0.29) is 37.6 Å². The second-order valence-electron chi connectivity index (χ2n) is 8.45. The largest absolute Gasteiger partial charge is 0.483 e. The van der Waals surface area contributed by atoms with Gasteiger partial charge in [0.05, 0.1) is 12.6 Å². The summed E-state index contributed by atoms with van der Waals surface area (Å²) in [5, 5.41) is 16.5. The van der Waals surface area contributed by atoms with E-state index in [2.05, 4.69) is 10.6 Å². The number of fused-ring (bicyclic) bond motifs is 1. The normalized spacial score (nSPS) is 10.8. The molecule has 0 aromatic heterocycles. The summed E-state index contributed by atoms with van der Waals surface area (Å²) in [5.41, 5.74) is 3.10. The summed E-state index contributed by atoms with van der Waals surface area (Å²) in [5.74, 6) is 0.282. The number of nitrogens with one attached hydrogen (secondary N) is 2. The summed E-state index contributed by atoms with van der Waals surface area (Å²) in [7, 11) is 0. The van der Waals surface area contributed by atoms with Gasteiger partial charge in [0.25, 0.3) is 5.91 Å². The van der Waals surface area contributed by atoms with E-state index >= 15 is 0 Å². The van der Waals surface area contributed by atoms with E-state index in [1.54, 1.807) is 0 Å². The number of carbonyl (C=O) groups excluding carboxylic acids is 2. The van der Waals surface area contributed by atoms with Gasteiger partial charge in [-0.2, -0.15) is 0 Å². The van der Waals surface area contributed by atoms with Crippen molar-refractivity contribution in [3.05, 3.63) is 114 Å². The van der Waals surface area contributed by atoms with Crippen LogP contribution in [-0.4, -0.2) is 36.7 Å². The molecule has 6 heteroatoms. The Labute approximate surface area is 210 Å². The summed E-state index contributed by atoms with van der Waals surface area (Å²) in [4.78, 5) is 24.9. The van der Waals surface area contributed by atoms with Gasteiger partial charge in [-0.3, -0.25) is 9.59 Å². The monoisotopic (exact) mass is 482 g/mol. The smallest absolute Gasteiger partial charge is 0.258 e. The second-order valence-corrected chi connectivity index (χ2v) is 8.45. The fourth-order valence-electron chi connectivity index (χ4n) is 4.21. The first-order chi connectivity index (χ1) is 17.7. The van der Waals surface area contributed by atoms with Gasteiger partial charge in [0, 0.05) is 18.4 Å². The summed E-state index contributed by atoms with van der Waals surface area (Å²) in [6, 6.07) is 31.3. The number of hydrogen-bond donors (Lipinski definition) is 3. The molecule has 0 aliphatic rings. The van der Waals surface area contributed by atoms with Crippen molar-refractivity contribution in [3.63, 3.8) is 0 Å². The number of carbonyl (C=O) groups is 2. The fraction of sp³-hybridized carbons (Fsp3) is 0.200. The van der Waals surface area contributed by atoms with Crippen LogP contribution in [0.1, 0.15) is 29.2 Å². The van der Waals surface area contributed by atoms with Crippen molar-refractivity contribution in [2.45, 2.75) is 18.9 Å². The Bertz CT molecular complexity index is 1250. The van der Waals surface area contributed by atoms with E-state index in [4.69, 9.17) is 9.84 Å². The summed E-state index contributed by atoms with van der Waals surface area (Å²) in [6.07, 6.45) is 0.907. The minimum atomic E-state index is -0.291. The Morgan fingerprint density at radius 1 is 0.750 bits per heavy atom. The number of hydrogen-bond acceptors (Lipinski definition) is 4. The highest BCUT2D eigenvalue weighted by molar-refractivity contribution is 5.91. The number of aliphatic hydroxyl groups is 1. The molecule has 0 aliphatic heterocycles. The molecule has 0 bridgehead atoms. The van der Waals surface area contributed by atoms with Crippen LogP contribution in [0.2, 0.25) is 0 Å². The van der Waals surface area contributed by atoms with Crippen LogP contribution in [0.5, 0.6) is 5.75 Å². The molecule has 4 aromatic carbocycles. The van der Waals surface area contributed by atoms with Gasteiger partial charge in [0.1, 0.15) is 5.75 Å². The molecule has 4 aromatic rings. The molecule has 0 saturated heterocycles. The highest BCUT2D eigenvalue weighted by atomic mass is 16.5. The van der Waals surface area contributed by atoms with Gasteiger partial charge in [0.2, 0.25) is 5.91 Å². The standard InChI is InChI=1S/C30H30N2O4/c33-20-19-31-29(35)21-36-27-16-8-14-25-22(13-7-15-26(25)27)17-18-28(34)32-30(23-9-3-1-4-10-23)24-11-5-2-6-12-24/h1-16,30,33H,17-21H2,(H,31,35)(H,32,34). The molecule has 36 heavy (non-hydrogen) atoms. The topological polar surface area (TPSA) is 87.7 Å². The average molecular weight is 483 g/mol. The van der Waals surface area contributed by atoms with Gasteiger partial charge >= 0.3 is 0 Å². The molecular weight excluding hydrogens is 452 g/mol. The predicted octanol–water partition coefficient (Wildman–Crippen LogP) is 4.17. The van der Waals surface area contributed by atoms with Crippen molar-refractivity contribution in [1.82, 2.24) is 10.6 Å². The van der Waals surface area contributed by atoms with Crippen LogP contribution in [0, 0.1) is 0 Å².